The van der Waals surface area contributed by atoms with Crippen LogP contribution in [0.2, 0.25) is 0 Å². The molecule has 0 aliphatic carbocycles. The van der Waals surface area contributed by atoms with E-state index in [4.69, 9.17) is 16.2 Å². The minimum Gasteiger partial charge on any atom is -0.508 e. The van der Waals surface area contributed by atoms with E-state index in [0.29, 0.717) is 12.8 Å². The van der Waals surface area contributed by atoms with Crippen LogP contribution in [0, 0.1) is 0 Å². The number of benzene rings is 2. The summed E-state index contributed by atoms with van der Waals surface area (Å²) in [5, 5.41) is 9.22. The Bertz CT molecular complexity index is 599. The molecular weight excluding hydrogens is 280 g/mol. The molecule has 2 rings (SSSR count). The summed E-state index contributed by atoms with van der Waals surface area (Å²) in [6.45, 7) is 0. The Hall–Kier alpha value is -2.37. The number of phenols is 1. The summed E-state index contributed by atoms with van der Waals surface area (Å²) in [6.07, 6.45) is 0.0520. The zero-order valence-electron chi connectivity index (χ0n) is 12.2. The molecule has 2 aromatic carbocycles. The summed E-state index contributed by atoms with van der Waals surface area (Å²) in [5.74, 6) is -0.360. The Balaban J connectivity index is 1.84. The van der Waals surface area contributed by atoms with E-state index in [1.165, 1.54) is 0 Å². The van der Waals surface area contributed by atoms with Crippen molar-refractivity contribution in [3.05, 3.63) is 65.7 Å². The van der Waals surface area contributed by atoms with Gasteiger partial charge in [-0.3, -0.25) is 10.5 Å². The summed E-state index contributed by atoms with van der Waals surface area (Å²) < 4.78 is 5.18. The monoisotopic (exact) mass is 300 g/mol. The summed E-state index contributed by atoms with van der Waals surface area (Å²) in [6, 6.07) is 15.3. The third-order valence-electron chi connectivity index (χ3n) is 3.24. The van der Waals surface area contributed by atoms with Crippen LogP contribution in [0.5, 0.6) is 5.75 Å². The summed E-state index contributed by atoms with van der Waals surface area (Å²) in [5.41, 5.74) is 13.5. The van der Waals surface area contributed by atoms with E-state index in [1.807, 2.05) is 30.3 Å². The number of ether oxygens (including phenoxy) is 1. The predicted octanol–water partition coefficient (Wildman–Crippen LogP) is 1.33. The lowest BCUT2D eigenvalue weighted by atomic mass is 10.1. The van der Waals surface area contributed by atoms with Crippen LogP contribution in [0.15, 0.2) is 54.6 Å². The number of nitrogens with two attached hydrogens (primary N) is 2. The van der Waals surface area contributed by atoms with E-state index in [0.717, 1.165) is 11.1 Å². The van der Waals surface area contributed by atoms with Crippen molar-refractivity contribution in [3.8, 4) is 5.75 Å². The summed E-state index contributed by atoms with van der Waals surface area (Å²) in [4.78, 5) is 11.9. The molecule has 0 radical (unpaired) electrons. The van der Waals surface area contributed by atoms with Crippen molar-refractivity contribution in [2.75, 3.05) is 0 Å². The number of carbonyl (C=O) groups excluding carboxylic acids is 1. The van der Waals surface area contributed by atoms with Crippen LogP contribution in [-0.2, 0) is 22.4 Å². The second kappa shape index (κ2) is 7.59. The van der Waals surface area contributed by atoms with Crippen molar-refractivity contribution in [3.63, 3.8) is 0 Å². The van der Waals surface area contributed by atoms with Gasteiger partial charge in [-0.05, 0) is 29.7 Å². The number of carbonyl (C=O) groups is 1. The van der Waals surface area contributed by atoms with E-state index >= 15 is 0 Å². The van der Waals surface area contributed by atoms with E-state index in [-0.39, 0.29) is 5.75 Å². The Labute approximate surface area is 129 Å². The van der Waals surface area contributed by atoms with Gasteiger partial charge in [-0.2, -0.15) is 0 Å². The fraction of sp³-hybridized carbons (Fsp3) is 0.235. The minimum atomic E-state index is -0.786. The van der Waals surface area contributed by atoms with Crippen LogP contribution < -0.4 is 11.5 Å². The maximum absolute atomic E-state index is 11.9. The maximum Gasteiger partial charge on any atom is 0.324 e. The Kier molecular flexibility index (Phi) is 5.52. The number of rotatable bonds is 6. The number of aromatic hydroxyl groups is 1. The molecule has 0 heterocycles. The van der Waals surface area contributed by atoms with Crippen molar-refractivity contribution in [2.45, 2.75) is 25.1 Å². The van der Waals surface area contributed by atoms with Gasteiger partial charge in [0.05, 0.1) is 0 Å². The summed E-state index contributed by atoms with van der Waals surface area (Å²) in [7, 11) is 0. The molecule has 116 valence electrons. The first-order valence-corrected chi connectivity index (χ1v) is 7.08. The van der Waals surface area contributed by atoms with Crippen LogP contribution in [0.4, 0.5) is 0 Å². The molecular formula is C17H20N2O3. The molecule has 0 fully saturated rings. The van der Waals surface area contributed by atoms with Crippen LogP contribution in [0.25, 0.3) is 0 Å². The smallest absolute Gasteiger partial charge is 0.324 e. The van der Waals surface area contributed by atoms with Crippen molar-refractivity contribution in [1.82, 2.24) is 0 Å². The highest BCUT2D eigenvalue weighted by atomic mass is 16.6. The average Bonchev–Trinajstić information content (AvgIpc) is 2.50. The van der Waals surface area contributed by atoms with Crippen LogP contribution in [-0.4, -0.2) is 23.3 Å². The molecule has 1 unspecified atom stereocenters. The highest BCUT2D eigenvalue weighted by Gasteiger charge is 2.19. The molecule has 0 aliphatic rings. The Morgan fingerprint density at radius 3 is 2.18 bits per heavy atom. The van der Waals surface area contributed by atoms with Gasteiger partial charge in [0.15, 0.2) is 6.23 Å². The quantitative estimate of drug-likeness (QED) is 0.552. The van der Waals surface area contributed by atoms with Crippen molar-refractivity contribution < 1.29 is 14.6 Å². The molecule has 5 nitrogen and oxygen atoms in total. The number of hydrogen-bond donors (Lipinski definition) is 3. The third-order valence-corrected chi connectivity index (χ3v) is 3.24. The standard InChI is InChI=1S/C17H20N2O3/c18-15(10-13-6-8-14(20)9-7-13)17(21)22-16(19)11-12-4-2-1-3-5-12/h1-9,15-16,20H,10-11,18-19H2/t15-,16?/m0/s1. The third kappa shape index (κ3) is 4.87. The maximum atomic E-state index is 11.9. The molecule has 0 saturated carbocycles. The Morgan fingerprint density at radius 1 is 0.955 bits per heavy atom. The first-order valence-electron chi connectivity index (χ1n) is 7.08. The van der Waals surface area contributed by atoms with Gasteiger partial charge in [0, 0.05) is 6.42 Å². The van der Waals surface area contributed by atoms with Crippen LogP contribution >= 0.6 is 0 Å². The molecule has 0 amide bonds. The highest BCUT2D eigenvalue weighted by Crippen LogP contribution is 2.11. The van der Waals surface area contributed by atoms with Crippen molar-refractivity contribution in [1.29, 1.82) is 0 Å². The van der Waals surface area contributed by atoms with E-state index < -0.39 is 18.2 Å². The van der Waals surface area contributed by atoms with Gasteiger partial charge in [0.2, 0.25) is 0 Å². The number of esters is 1. The first kappa shape index (κ1) is 16.0. The van der Waals surface area contributed by atoms with Crippen molar-refractivity contribution in [2.24, 2.45) is 11.5 Å². The van der Waals surface area contributed by atoms with Gasteiger partial charge in [-0.15, -0.1) is 0 Å². The minimum absolute atomic E-state index is 0.171. The van der Waals surface area contributed by atoms with Gasteiger partial charge < -0.3 is 15.6 Å². The van der Waals surface area contributed by atoms with Gasteiger partial charge in [-0.25, -0.2) is 0 Å². The topological polar surface area (TPSA) is 98.6 Å². The molecule has 22 heavy (non-hydrogen) atoms. The highest BCUT2D eigenvalue weighted by molar-refractivity contribution is 5.76. The second-order valence-electron chi connectivity index (χ2n) is 5.14. The zero-order chi connectivity index (χ0) is 15.9. The van der Waals surface area contributed by atoms with Gasteiger partial charge >= 0.3 is 5.97 Å². The molecule has 0 spiro atoms. The molecule has 2 aromatic rings. The fourth-order valence-corrected chi connectivity index (χ4v) is 2.09. The second-order valence-corrected chi connectivity index (χ2v) is 5.14. The molecule has 5 N–H and O–H groups in total. The lowest BCUT2D eigenvalue weighted by Crippen LogP contribution is -2.40. The molecule has 0 saturated heterocycles. The van der Waals surface area contributed by atoms with E-state index in [1.54, 1.807) is 24.3 Å². The lowest BCUT2D eigenvalue weighted by molar-refractivity contribution is -0.150. The lowest BCUT2D eigenvalue weighted by Gasteiger charge is -2.17. The van der Waals surface area contributed by atoms with Crippen LogP contribution in [0.1, 0.15) is 11.1 Å². The molecule has 0 aromatic heterocycles. The summed E-state index contributed by atoms with van der Waals surface area (Å²) >= 11 is 0. The number of phenolic OH excluding ortho intramolecular Hbond substituents is 1. The van der Waals surface area contributed by atoms with E-state index in [9.17, 15) is 9.90 Å². The average molecular weight is 300 g/mol. The van der Waals surface area contributed by atoms with Gasteiger partial charge in [0.1, 0.15) is 11.8 Å². The molecule has 0 aliphatic heterocycles. The Morgan fingerprint density at radius 2 is 1.55 bits per heavy atom. The normalized spacial score (nSPS) is 13.4. The zero-order valence-corrected chi connectivity index (χ0v) is 12.2. The largest absolute Gasteiger partial charge is 0.508 e. The molecule has 2 atom stereocenters. The van der Waals surface area contributed by atoms with Gasteiger partial charge in [-0.1, -0.05) is 42.5 Å². The first-order chi connectivity index (χ1) is 10.5. The molecule has 0 bridgehead atoms. The SMILES string of the molecule is NC(Cc1ccccc1)OC(=O)[C@@H](N)Cc1ccc(O)cc1. The predicted molar refractivity (Wildman–Crippen MR) is 84.0 cm³/mol. The van der Waals surface area contributed by atoms with Gasteiger partial charge in [0.25, 0.3) is 0 Å². The number of hydrogen-bond acceptors (Lipinski definition) is 5. The van der Waals surface area contributed by atoms with Crippen LogP contribution in [0.3, 0.4) is 0 Å². The van der Waals surface area contributed by atoms with E-state index in [2.05, 4.69) is 0 Å². The molecule has 5 heteroatoms. The fourth-order valence-electron chi connectivity index (χ4n) is 2.09. The van der Waals surface area contributed by atoms with Crippen molar-refractivity contribution >= 4 is 5.97 Å².